The van der Waals surface area contributed by atoms with Gasteiger partial charge in [-0.05, 0) is 36.1 Å². The van der Waals surface area contributed by atoms with Crippen molar-refractivity contribution >= 4 is 17.8 Å². The normalized spacial score (nSPS) is 11.6. The second kappa shape index (κ2) is 10.6. The van der Waals surface area contributed by atoms with Gasteiger partial charge in [-0.2, -0.15) is 0 Å². The summed E-state index contributed by atoms with van der Waals surface area (Å²) in [5.74, 6) is 0. The second-order valence-corrected chi connectivity index (χ2v) is 7.96. The van der Waals surface area contributed by atoms with Crippen LogP contribution >= 0.6 is 0 Å². The summed E-state index contributed by atoms with van der Waals surface area (Å²) in [5.41, 5.74) is 7.49. The maximum absolute atomic E-state index is 4.08. The summed E-state index contributed by atoms with van der Waals surface area (Å²) in [6.07, 6.45) is 15.6. The standard InChI is InChI=1S/C26H33N4/c1-21-17-24(10-6-5-9-23-12-14-26(15-13-23)29(3)4)18-22(2)30(21)16-8-7-11-25-19-27-20-28-25/h5-6,9-10,12-15,17-20H,7-8,11,16H2,1-4H3,(H,27,28)/q+1. The number of aromatic nitrogens is 3. The molecule has 1 aromatic carbocycles. The Labute approximate surface area is 180 Å². The van der Waals surface area contributed by atoms with Crippen LogP contribution in [0, 0.1) is 13.8 Å². The van der Waals surface area contributed by atoms with Crippen molar-refractivity contribution in [1.82, 2.24) is 9.97 Å². The predicted molar refractivity (Wildman–Crippen MR) is 126 cm³/mol. The number of hydrogen-bond acceptors (Lipinski definition) is 2. The lowest BCUT2D eigenvalue weighted by Gasteiger charge is -2.11. The van der Waals surface area contributed by atoms with Gasteiger partial charge in [0, 0.05) is 64.1 Å². The van der Waals surface area contributed by atoms with Gasteiger partial charge in [0.15, 0.2) is 11.4 Å². The molecular formula is C26H33N4+. The maximum Gasteiger partial charge on any atom is 0.179 e. The molecule has 0 aliphatic rings. The van der Waals surface area contributed by atoms with Crippen molar-refractivity contribution in [2.24, 2.45) is 0 Å². The number of pyridine rings is 1. The first-order valence-electron chi connectivity index (χ1n) is 10.6. The molecule has 30 heavy (non-hydrogen) atoms. The first-order valence-corrected chi connectivity index (χ1v) is 10.6. The van der Waals surface area contributed by atoms with Gasteiger partial charge in [0.05, 0.1) is 6.33 Å². The number of unbranched alkanes of at least 4 members (excludes halogenated alkanes) is 1. The molecule has 0 fully saturated rings. The number of imidazole rings is 1. The van der Waals surface area contributed by atoms with E-state index in [0.29, 0.717) is 0 Å². The number of H-pyrrole nitrogens is 1. The second-order valence-electron chi connectivity index (χ2n) is 7.96. The van der Waals surface area contributed by atoms with Gasteiger partial charge < -0.3 is 9.88 Å². The van der Waals surface area contributed by atoms with Crippen molar-refractivity contribution in [3.8, 4) is 0 Å². The van der Waals surface area contributed by atoms with E-state index in [1.807, 2.05) is 6.20 Å². The Morgan fingerprint density at radius 1 is 0.933 bits per heavy atom. The van der Waals surface area contributed by atoms with Gasteiger partial charge in [-0.25, -0.2) is 9.55 Å². The monoisotopic (exact) mass is 401 g/mol. The van der Waals surface area contributed by atoms with Crippen LogP contribution in [0.25, 0.3) is 12.2 Å². The van der Waals surface area contributed by atoms with E-state index in [0.717, 1.165) is 25.8 Å². The molecule has 0 spiro atoms. The number of nitrogens with one attached hydrogen (secondary N) is 1. The molecule has 2 aromatic heterocycles. The van der Waals surface area contributed by atoms with E-state index in [-0.39, 0.29) is 0 Å². The highest BCUT2D eigenvalue weighted by Gasteiger charge is 2.11. The largest absolute Gasteiger partial charge is 0.378 e. The van der Waals surface area contributed by atoms with Crippen LogP contribution in [-0.4, -0.2) is 24.1 Å². The van der Waals surface area contributed by atoms with Gasteiger partial charge in [0.1, 0.15) is 6.54 Å². The number of nitrogens with zero attached hydrogens (tertiary/aromatic N) is 3. The number of aromatic amines is 1. The third-order valence-electron chi connectivity index (χ3n) is 5.33. The van der Waals surface area contributed by atoms with Gasteiger partial charge >= 0.3 is 0 Å². The molecule has 156 valence electrons. The fourth-order valence-electron chi connectivity index (χ4n) is 3.63. The summed E-state index contributed by atoms with van der Waals surface area (Å²) < 4.78 is 2.41. The topological polar surface area (TPSA) is 35.8 Å². The fraction of sp³-hybridized carbons (Fsp3) is 0.308. The Hall–Kier alpha value is -3.14. The van der Waals surface area contributed by atoms with Crippen molar-refractivity contribution < 1.29 is 4.57 Å². The number of aryl methyl sites for hydroxylation is 3. The van der Waals surface area contributed by atoms with E-state index >= 15 is 0 Å². The lowest BCUT2D eigenvalue weighted by atomic mass is 10.1. The zero-order valence-corrected chi connectivity index (χ0v) is 18.6. The Balaban J connectivity index is 1.54. The molecule has 4 heteroatoms. The minimum Gasteiger partial charge on any atom is -0.378 e. The number of rotatable bonds is 9. The van der Waals surface area contributed by atoms with Gasteiger partial charge in [0.25, 0.3) is 0 Å². The molecule has 0 saturated carbocycles. The predicted octanol–water partition coefficient (Wildman–Crippen LogP) is 5.13. The van der Waals surface area contributed by atoms with E-state index in [2.05, 4.69) is 108 Å². The summed E-state index contributed by atoms with van der Waals surface area (Å²) in [6.45, 7) is 5.45. The van der Waals surface area contributed by atoms with Crippen LogP contribution in [0.4, 0.5) is 5.69 Å². The van der Waals surface area contributed by atoms with Crippen molar-refractivity contribution in [3.05, 3.63) is 89.3 Å². The molecule has 0 radical (unpaired) electrons. The van der Waals surface area contributed by atoms with Crippen molar-refractivity contribution in [3.63, 3.8) is 0 Å². The Morgan fingerprint density at radius 2 is 1.60 bits per heavy atom. The summed E-state index contributed by atoms with van der Waals surface area (Å²) in [6, 6.07) is 13.1. The number of hydrogen-bond donors (Lipinski definition) is 1. The molecule has 3 aromatic rings. The summed E-state index contributed by atoms with van der Waals surface area (Å²) in [7, 11) is 4.12. The zero-order chi connectivity index (χ0) is 21.3. The molecule has 0 saturated heterocycles. The van der Waals surface area contributed by atoms with Crippen LogP contribution in [0.15, 0.2) is 61.1 Å². The Kier molecular flexibility index (Phi) is 7.61. The van der Waals surface area contributed by atoms with Crippen molar-refractivity contribution in [2.75, 3.05) is 19.0 Å². The number of benzene rings is 1. The lowest BCUT2D eigenvalue weighted by molar-refractivity contribution is -0.709. The molecule has 0 atom stereocenters. The molecule has 2 heterocycles. The molecule has 0 amide bonds. The van der Waals surface area contributed by atoms with E-state index < -0.39 is 0 Å². The third-order valence-corrected chi connectivity index (χ3v) is 5.33. The molecule has 0 unspecified atom stereocenters. The van der Waals surface area contributed by atoms with E-state index in [1.54, 1.807) is 6.33 Å². The van der Waals surface area contributed by atoms with Gasteiger partial charge in [-0.15, -0.1) is 0 Å². The van der Waals surface area contributed by atoms with Crippen LogP contribution in [0.5, 0.6) is 0 Å². The summed E-state index contributed by atoms with van der Waals surface area (Å²) >= 11 is 0. The number of allylic oxidation sites excluding steroid dienone is 2. The van der Waals surface area contributed by atoms with Crippen LogP contribution in [-0.2, 0) is 13.0 Å². The average molecular weight is 402 g/mol. The van der Waals surface area contributed by atoms with Crippen LogP contribution in [0.1, 0.15) is 41.1 Å². The number of anilines is 1. The average Bonchev–Trinajstić information content (AvgIpc) is 3.24. The van der Waals surface area contributed by atoms with Crippen LogP contribution in [0.2, 0.25) is 0 Å². The molecule has 0 aliphatic heterocycles. The van der Waals surface area contributed by atoms with E-state index in [4.69, 9.17) is 0 Å². The summed E-state index contributed by atoms with van der Waals surface area (Å²) in [4.78, 5) is 9.37. The molecule has 3 rings (SSSR count). The minimum absolute atomic E-state index is 1.05. The van der Waals surface area contributed by atoms with Gasteiger partial charge in [-0.3, -0.25) is 0 Å². The van der Waals surface area contributed by atoms with Crippen molar-refractivity contribution in [2.45, 2.75) is 39.7 Å². The van der Waals surface area contributed by atoms with Crippen molar-refractivity contribution in [1.29, 1.82) is 0 Å². The van der Waals surface area contributed by atoms with E-state index in [9.17, 15) is 0 Å². The maximum atomic E-state index is 4.08. The van der Waals surface area contributed by atoms with E-state index in [1.165, 1.54) is 33.9 Å². The smallest absolute Gasteiger partial charge is 0.179 e. The quantitative estimate of drug-likeness (QED) is 0.306. The third kappa shape index (κ3) is 6.18. The summed E-state index contributed by atoms with van der Waals surface area (Å²) in [5, 5.41) is 0. The Bertz CT molecular complexity index is 957. The highest BCUT2D eigenvalue weighted by molar-refractivity contribution is 5.59. The first kappa shape index (κ1) is 21.6. The molecule has 0 aliphatic carbocycles. The highest BCUT2D eigenvalue weighted by atomic mass is 15.1. The molecule has 4 nitrogen and oxygen atoms in total. The van der Waals surface area contributed by atoms with Crippen LogP contribution in [0.3, 0.4) is 0 Å². The highest BCUT2D eigenvalue weighted by Crippen LogP contribution is 2.13. The molecular weight excluding hydrogens is 368 g/mol. The zero-order valence-electron chi connectivity index (χ0n) is 18.6. The SMILES string of the molecule is Cc1cc(/C=C/C=C/c2ccc(N(C)C)cc2)cc(C)[n+]1CCCCc1cnc[nH]1. The van der Waals surface area contributed by atoms with Gasteiger partial charge in [0.2, 0.25) is 0 Å². The Morgan fingerprint density at radius 3 is 2.20 bits per heavy atom. The molecule has 0 bridgehead atoms. The lowest BCUT2D eigenvalue weighted by Crippen LogP contribution is -2.40. The van der Waals surface area contributed by atoms with Crippen LogP contribution < -0.4 is 9.47 Å². The first-order chi connectivity index (χ1) is 14.5. The molecule has 1 N–H and O–H groups in total. The fourth-order valence-corrected chi connectivity index (χ4v) is 3.63. The minimum atomic E-state index is 1.05. The van der Waals surface area contributed by atoms with Gasteiger partial charge in [-0.1, -0.05) is 36.4 Å².